The van der Waals surface area contributed by atoms with Crippen LogP contribution >= 0.6 is 11.3 Å². The van der Waals surface area contributed by atoms with Gasteiger partial charge in [-0.3, -0.25) is 4.90 Å². The van der Waals surface area contributed by atoms with E-state index >= 15 is 0 Å². The van der Waals surface area contributed by atoms with Crippen LogP contribution in [-0.4, -0.2) is 28.6 Å². The zero-order valence-electron chi connectivity index (χ0n) is 12.2. The first-order chi connectivity index (χ1) is 10.0. The highest BCUT2D eigenvalue weighted by Gasteiger charge is 2.20. The number of hydrogen-bond donors (Lipinski definition) is 1. The number of thiophene rings is 1. The Labute approximate surface area is 128 Å². The summed E-state index contributed by atoms with van der Waals surface area (Å²) in [7, 11) is 0. The molecule has 0 aliphatic heterocycles. The molecule has 110 valence electrons. The summed E-state index contributed by atoms with van der Waals surface area (Å²) in [5, 5.41) is 19.2. The minimum Gasteiger partial charge on any atom is -0.477 e. The lowest BCUT2D eigenvalue weighted by atomic mass is 10.1. The van der Waals surface area contributed by atoms with Gasteiger partial charge in [0.05, 0.1) is 6.07 Å². The summed E-state index contributed by atoms with van der Waals surface area (Å²) in [4.78, 5) is 14.0. The molecule has 0 amide bonds. The fraction of sp³-hybridized carbons (Fsp3) is 0.375. The maximum Gasteiger partial charge on any atom is 0.346 e. The molecule has 0 aliphatic carbocycles. The van der Waals surface area contributed by atoms with Crippen molar-refractivity contribution in [1.82, 2.24) is 4.90 Å². The van der Waals surface area contributed by atoms with E-state index in [4.69, 9.17) is 5.26 Å². The molecule has 0 saturated heterocycles. The molecule has 0 fully saturated rings. The van der Waals surface area contributed by atoms with Crippen molar-refractivity contribution in [2.45, 2.75) is 32.9 Å². The second-order valence-electron chi connectivity index (χ2n) is 5.18. The normalized spacial score (nSPS) is 11.2. The lowest BCUT2D eigenvalue weighted by molar-refractivity contribution is 0.0699. The number of rotatable bonds is 6. The Kier molecular flexibility index (Phi) is 4.94. The SMILES string of the molecule is CC(C)N(CCC#N)Cc1c(C(=O)O)sc2ccccc12. The highest BCUT2D eigenvalue weighted by atomic mass is 32.1. The number of nitrogens with zero attached hydrogens (tertiary/aromatic N) is 2. The molecular weight excluding hydrogens is 284 g/mol. The second kappa shape index (κ2) is 6.70. The van der Waals surface area contributed by atoms with Crippen molar-refractivity contribution in [2.75, 3.05) is 6.54 Å². The molecule has 1 N–H and O–H groups in total. The van der Waals surface area contributed by atoms with Gasteiger partial charge in [-0.15, -0.1) is 11.3 Å². The van der Waals surface area contributed by atoms with Crippen LogP contribution in [0.4, 0.5) is 0 Å². The van der Waals surface area contributed by atoms with Crippen LogP contribution < -0.4 is 0 Å². The van der Waals surface area contributed by atoms with Crippen molar-refractivity contribution < 1.29 is 9.90 Å². The van der Waals surface area contributed by atoms with E-state index in [2.05, 4.69) is 24.8 Å². The first kappa shape index (κ1) is 15.5. The standard InChI is InChI=1S/C16H18N2O2S/c1-11(2)18(9-5-8-17)10-13-12-6-3-4-7-14(12)21-15(13)16(19)20/h3-4,6-7,11H,5,9-10H2,1-2H3,(H,19,20). The first-order valence-corrected chi connectivity index (χ1v) is 7.71. The number of carbonyl (C=O) groups is 1. The molecule has 5 heteroatoms. The fourth-order valence-corrected chi connectivity index (χ4v) is 3.40. The number of benzene rings is 1. The van der Waals surface area contributed by atoms with E-state index in [0.717, 1.165) is 15.6 Å². The van der Waals surface area contributed by atoms with Gasteiger partial charge in [-0.1, -0.05) is 18.2 Å². The molecule has 1 aromatic heterocycles. The molecule has 0 atom stereocenters. The molecule has 0 aliphatic rings. The first-order valence-electron chi connectivity index (χ1n) is 6.89. The van der Waals surface area contributed by atoms with E-state index in [0.29, 0.717) is 24.4 Å². The summed E-state index contributed by atoms with van der Waals surface area (Å²) in [6, 6.07) is 10.2. The van der Waals surface area contributed by atoms with Crippen molar-refractivity contribution in [1.29, 1.82) is 5.26 Å². The Balaban J connectivity index is 2.41. The van der Waals surface area contributed by atoms with Crippen molar-refractivity contribution >= 4 is 27.4 Å². The maximum atomic E-state index is 11.5. The molecule has 0 unspecified atom stereocenters. The van der Waals surface area contributed by atoms with Gasteiger partial charge in [0.25, 0.3) is 0 Å². The van der Waals surface area contributed by atoms with Crippen LogP contribution in [0.3, 0.4) is 0 Å². The van der Waals surface area contributed by atoms with E-state index < -0.39 is 5.97 Å². The fourth-order valence-electron chi connectivity index (χ4n) is 2.35. The molecule has 21 heavy (non-hydrogen) atoms. The molecule has 0 bridgehead atoms. The van der Waals surface area contributed by atoms with Crippen LogP contribution in [0.2, 0.25) is 0 Å². The van der Waals surface area contributed by atoms with Crippen molar-refractivity contribution in [3.05, 3.63) is 34.7 Å². The number of hydrogen-bond acceptors (Lipinski definition) is 4. The largest absolute Gasteiger partial charge is 0.477 e. The van der Waals surface area contributed by atoms with Crippen molar-refractivity contribution in [3.8, 4) is 6.07 Å². The van der Waals surface area contributed by atoms with Gasteiger partial charge >= 0.3 is 5.97 Å². The van der Waals surface area contributed by atoms with Crippen molar-refractivity contribution in [3.63, 3.8) is 0 Å². The Morgan fingerprint density at radius 3 is 2.76 bits per heavy atom. The summed E-state index contributed by atoms with van der Waals surface area (Å²) in [5.74, 6) is -0.879. The summed E-state index contributed by atoms with van der Waals surface area (Å²) < 4.78 is 0.994. The molecule has 1 heterocycles. The van der Waals surface area contributed by atoms with Crippen molar-refractivity contribution in [2.24, 2.45) is 0 Å². The summed E-state index contributed by atoms with van der Waals surface area (Å²) in [5.41, 5.74) is 0.856. The van der Waals surface area contributed by atoms with Gasteiger partial charge in [-0.2, -0.15) is 5.26 Å². The van der Waals surface area contributed by atoms with Crippen LogP contribution in [0, 0.1) is 11.3 Å². The van der Waals surface area contributed by atoms with Crippen LogP contribution in [0.5, 0.6) is 0 Å². The highest BCUT2D eigenvalue weighted by molar-refractivity contribution is 7.21. The van der Waals surface area contributed by atoms with E-state index in [9.17, 15) is 9.90 Å². The van der Waals surface area contributed by atoms with Gasteiger partial charge in [0.15, 0.2) is 0 Å². The Morgan fingerprint density at radius 1 is 1.43 bits per heavy atom. The highest BCUT2D eigenvalue weighted by Crippen LogP contribution is 2.32. The second-order valence-corrected chi connectivity index (χ2v) is 6.24. The molecule has 4 nitrogen and oxygen atoms in total. The number of fused-ring (bicyclic) bond motifs is 1. The lowest BCUT2D eigenvalue weighted by Crippen LogP contribution is -2.31. The van der Waals surface area contributed by atoms with E-state index in [1.54, 1.807) is 0 Å². The minimum absolute atomic E-state index is 0.263. The third kappa shape index (κ3) is 3.41. The molecule has 2 aromatic rings. The Morgan fingerprint density at radius 2 is 2.14 bits per heavy atom. The average molecular weight is 302 g/mol. The lowest BCUT2D eigenvalue weighted by Gasteiger charge is -2.25. The predicted molar refractivity (Wildman–Crippen MR) is 84.6 cm³/mol. The van der Waals surface area contributed by atoms with Crippen LogP contribution in [-0.2, 0) is 6.54 Å². The maximum absolute atomic E-state index is 11.5. The zero-order chi connectivity index (χ0) is 15.4. The van der Waals surface area contributed by atoms with Crippen LogP contribution in [0.1, 0.15) is 35.5 Å². The van der Waals surface area contributed by atoms with Gasteiger partial charge < -0.3 is 5.11 Å². The zero-order valence-corrected chi connectivity index (χ0v) is 13.0. The van der Waals surface area contributed by atoms with Crippen LogP contribution in [0.15, 0.2) is 24.3 Å². The van der Waals surface area contributed by atoms with E-state index in [1.165, 1.54) is 11.3 Å². The monoisotopic (exact) mass is 302 g/mol. The number of carboxylic acids is 1. The Hall–Kier alpha value is -1.90. The topological polar surface area (TPSA) is 64.3 Å². The quantitative estimate of drug-likeness (QED) is 0.883. The predicted octanol–water partition coefficient (Wildman–Crippen LogP) is 3.72. The third-order valence-corrected chi connectivity index (χ3v) is 4.70. The molecule has 0 saturated carbocycles. The smallest absolute Gasteiger partial charge is 0.346 e. The number of aromatic carboxylic acids is 1. The molecule has 1 aromatic carbocycles. The summed E-state index contributed by atoms with van der Waals surface area (Å²) in [6.07, 6.45) is 0.447. The minimum atomic E-state index is -0.879. The number of carboxylic acid groups (broad SMARTS) is 1. The number of nitriles is 1. The van der Waals surface area contributed by atoms with E-state index in [1.807, 2.05) is 24.3 Å². The molecule has 0 radical (unpaired) electrons. The van der Waals surface area contributed by atoms with Gasteiger partial charge in [-0.05, 0) is 30.9 Å². The summed E-state index contributed by atoms with van der Waals surface area (Å²) >= 11 is 1.32. The van der Waals surface area contributed by atoms with Crippen LogP contribution in [0.25, 0.3) is 10.1 Å². The molecular formula is C16H18N2O2S. The average Bonchev–Trinajstić information content (AvgIpc) is 2.82. The van der Waals surface area contributed by atoms with Gasteiger partial charge in [-0.25, -0.2) is 4.79 Å². The van der Waals surface area contributed by atoms with Gasteiger partial charge in [0, 0.05) is 30.3 Å². The molecule has 2 rings (SSSR count). The van der Waals surface area contributed by atoms with Gasteiger partial charge in [0.1, 0.15) is 4.88 Å². The summed E-state index contributed by atoms with van der Waals surface area (Å²) in [6.45, 7) is 5.33. The third-order valence-electron chi connectivity index (χ3n) is 3.49. The van der Waals surface area contributed by atoms with E-state index in [-0.39, 0.29) is 6.04 Å². The Bertz CT molecular complexity index is 685. The molecule has 0 spiro atoms. The van der Waals surface area contributed by atoms with Gasteiger partial charge in [0.2, 0.25) is 0 Å².